The van der Waals surface area contributed by atoms with Crippen molar-refractivity contribution in [1.82, 2.24) is 15.2 Å². The van der Waals surface area contributed by atoms with Crippen molar-refractivity contribution in [3.8, 4) is 0 Å². The quantitative estimate of drug-likeness (QED) is 0.832. The van der Waals surface area contributed by atoms with Gasteiger partial charge >= 0.3 is 0 Å². The first kappa shape index (κ1) is 19.7. The normalized spacial score (nSPS) is 11.0. The highest BCUT2D eigenvalue weighted by atomic mass is 16.2. The molecule has 6 nitrogen and oxygen atoms in total. The SMILES string of the molecule is CCC(=O)NCCn1c(=O)c(C)cc2cc(C)c(C(=O)NC(C)C)cc21. The van der Waals surface area contributed by atoms with Gasteiger partial charge in [0.05, 0.1) is 5.52 Å². The Morgan fingerprint density at radius 3 is 2.38 bits per heavy atom. The van der Waals surface area contributed by atoms with Gasteiger partial charge in [-0.3, -0.25) is 14.4 Å². The lowest BCUT2D eigenvalue weighted by Crippen LogP contribution is -2.32. The van der Waals surface area contributed by atoms with Crippen molar-refractivity contribution in [1.29, 1.82) is 0 Å². The lowest BCUT2D eigenvalue weighted by molar-refractivity contribution is -0.120. The molecular weight excluding hydrogens is 330 g/mol. The van der Waals surface area contributed by atoms with Crippen LogP contribution in [-0.2, 0) is 11.3 Å². The number of pyridine rings is 1. The predicted molar refractivity (Wildman–Crippen MR) is 104 cm³/mol. The van der Waals surface area contributed by atoms with Crippen molar-refractivity contribution >= 4 is 22.7 Å². The highest BCUT2D eigenvalue weighted by Crippen LogP contribution is 2.20. The van der Waals surface area contributed by atoms with Gasteiger partial charge in [-0.15, -0.1) is 0 Å². The number of hydrogen-bond donors (Lipinski definition) is 2. The molecule has 140 valence electrons. The number of nitrogens with zero attached hydrogens (tertiary/aromatic N) is 1. The Morgan fingerprint density at radius 1 is 1.12 bits per heavy atom. The third-order valence-electron chi connectivity index (χ3n) is 4.26. The summed E-state index contributed by atoms with van der Waals surface area (Å²) in [5.41, 5.74) is 2.65. The summed E-state index contributed by atoms with van der Waals surface area (Å²) in [6.07, 6.45) is 0.405. The number of nitrogens with one attached hydrogen (secondary N) is 2. The second-order valence-electron chi connectivity index (χ2n) is 6.84. The van der Waals surface area contributed by atoms with Gasteiger partial charge in [0.2, 0.25) is 5.91 Å². The number of carbonyl (C=O) groups is 2. The summed E-state index contributed by atoms with van der Waals surface area (Å²) in [6.45, 7) is 9.99. The maximum atomic E-state index is 12.6. The lowest BCUT2D eigenvalue weighted by atomic mass is 10.0. The number of fused-ring (bicyclic) bond motifs is 1. The van der Waals surface area contributed by atoms with Crippen molar-refractivity contribution in [2.75, 3.05) is 6.54 Å². The number of carbonyl (C=O) groups excluding carboxylic acids is 2. The molecule has 0 spiro atoms. The molecule has 1 aromatic carbocycles. The molecule has 2 aromatic rings. The molecule has 26 heavy (non-hydrogen) atoms. The van der Waals surface area contributed by atoms with Crippen LogP contribution in [0.25, 0.3) is 10.9 Å². The van der Waals surface area contributed by atoms with Gasteiger partial charge in [0.25, 0.3) is 11.5 Å². The number of amides is 2. The highest BCUT2D eigenvalue weighted by molar-refractivity contribution is 5.99. The average molecular weight is 357 g/mol. The zero-order valence-electron chi connectivity index (χ0n) is 16.1. The molecule has 0 aliphatic rings. The third kappa shape index (κ3) is 4.31. The van der Waals surface area contributed by atoms with Crippen LogP contribution in [0.1, 0.15) is 48.7 Å². The number of aromatic nitrogens is 1. The van der Waals surface area contributed by atoms with Crippen LogP contribution in [0.4, 0.5) is 0 Å². The topological polar surface area (TPSA) is 80.2 Å². The van der Waals surface area contributed by atoms with Crippen LogP contribution >= 0.6 is 0 Å². The molecule has 1 heterocycles. The minimum absolute atomic E-state index is 0.0297. The van der Waals surface area contributed by atoms with Gasteiger partial charge in [-0.2, -0.15) is 0 Å². The summed E-state index contributed by atoms with van der Waals surface area (Å²) < 4.78 is 1.63. The standard InChI is InChI=1S/C20H27N3O3/c1-6-18(24)21-7-8-23-17-11-16(19(25)22-12(2)3)13(4)9-15(17)10-14(5)20(23)26/h9-12H,6-8H2,1-5H3,(H,21,24)(H,22,25). The van der Waals surface area contributed by atoms with E-state index in [0.29, 0.717) is 36.2 Å². The van der Waals surface area contributed by atoms with Gasteiger partial charge in [0.15, 0.2) is 0 Å². The first-order valence-electron chi connectivity index (χ1n) is 8.97. The smallest absolute Gasteiger partial charge is 0.254 e. The van der Waals surface area contributed by atoms with Gasteiger partial charge in [-0.1, -0.05) is 6.92 Å². The number of aryl methyl sites for hydroxylation is 2. The largest absolute Gasteiger partial charge is 0.354 e. The maximum absolute atomic E-state index is 12.6. The van der Waals surface area contributed by atoms with Crippen LogP contribution in [0.2, 0.25) is 0 Å². The zero-order valence-corrected chi connectivity index (χ0v) is 16.1. The van der Waals surface area contributed by atoms with Crippen LogP contribution in [0.15, 0.2) is 23.0 Å². The van der Waals surface area contributed by atoms with E-state index >= 15 is 0 Å². The van der Waals surface area contributed by atoms with E-state index in [9.17, 15) is 14.4 Å². The van der Waals surface area contributed by atoms with Crippen LogP contribution in [-0.4, -0.2) is 29.0 Å². The summed E-state index contributed by atoms with van der Waals surface area (Å²) in [6, 6.07) is 5.57. The van der Waals surface area contributed by atoms with E-state index in [1.807, 2.05) is 32.9 Å². The summed E-state index contributed by atoms with van der Waals surface area (Å²) in [4.78, 5) is 36.5. The molecule has 0 radical (unpaired) electrons. The highest BCUT2D eigenvalue weighted by Gasteiger charge is 2.14. The second kappa shape index (κ2) is 8.17. The van der Waals surface area contributed by atoms with E-state index in [1.165, 1.54) is 0 Å². The van der Waals surface area contributed by atoms with Gasteiger partial charge in [0.1, 0.15) is 0 Å². The van der Waals surface area contributed by atoms with Gasteiger partial charge in [0, 0.05) is 36.7 Å². The molecule has 2 amide bonds. The maximum Gasteiger partial charge on any atom is 0.254 e. The Hall–Kier alpha value is -2.63. The predicted octanol–water partition coefficient (Wildman–Crippen LogP) is 2.28. The molecule has 0 atom stereocenters. The first-order valence-corrected chi connectivity index (χ1v) is 8.97. The van der Waals surface area contributed by atoms with Crippen molar-refractivity contribution in [2.45, 2.75) is 53.6 Å². The summed E-state index contributed by atoms with van der Waals surface area (Å²) >= 11 is 0. The molecule has 1 aromatic heterocycles. The van der Waals surface area contributed by atoms with E-state index in [-0.39, 0.29) is 23.4 Å². The fourth-order valence-corrected chi connectivity index (χ4v) is 2.92. The van der Waals surface area contributed by atoms with Crippen molar-refractivity contribution in [2.24, 2.45) is 0 Å². The van der Waals surface area contributed by atoms with Gasteiger partial charge in [-0.25, -0.2) is 0 Å². The molecule has 2 rings (SSSR count). The first-order chi connectivity index (χ1) is 12.2. The van der Waals surface area contributed by atoms with E-state index in [1.54, 1.807) is 24.5 Å². The number of hydrogen-bond acceptors (Lipinski definition) is 3. The molecule has 6 heteroatoms. The Balaban J connectivity index is 2.51. The molecule has 0 unspecified atom stereocenters. The summed E-state index contributed by atoms with van der Waals surface area (Å²) in [5.74, 6) is -0.207. The van der Waals surface area contributed by atoms with Crippen molar-refractivity contribution < 1.29 is 9.59 Å². The lowest BCUT2D eigenvalue weighted by Gasteiger charge is -2.16. The van der Waals surface area contributed by atoms with Crippen molar-refractivity contribution in [3.05, 3.63) is 45.2 Å². The number of benzene rings is 1. The zero-order chi connectivity index (χ0) is 19.4. The molecule has 0 fully saturated rings. The molecule has 2 N–H and O–H groups in total. The Morgan fingerprint density at radius 2 is 1.77 bits per heavy atom. The molecule has 0 saturated heterocycles. The minimum Gasteiger partial charge on any atom is -0.354 e. The van der Waals surface area contributed by atoms with Gasteiger partial charge in [-0.05, 0) is 56.8 Å². The third-order valence-corrected chi connectivity index (χ3v) is 4.26. The molecule has 0 bridgehead atoms. The van der Waals surface area contributed by atoms with E-state index in [4.69, 9.17) is 0 Å². The van der Waals surface area contributed by atoms with E-state index < -0.39 is 0 Å². The molecule has 0 aliphatic heterocycles. The van der Waals surface area contributed by atoms with Gasteiger partial charge < -0.3 is 15.2 Å². The fourth-order valence-electron chi connectivity index (χ4n) is 2.92. The Bertz CT molecular complexity index is 897. The molecule has 0 aliphatic carbocycles. The van der Waals surface area contributed by atoms with Crippen LogP contribution in [0.3, 0.4) is 0 Å². The second-order valence-corrected chi connectivity index (χ2v) is 6.84. The summed E-state index contributed by atoms with van der Waals surface area (Å²) in [5, 5.41) is 6.59. The summed E-state index contributed by atoms with van der Waals surface area (Å²) in [7, 11) is 0. The van der Waals surface area contributed by atoms with Crippen LogP contribution in [0, 0.1) is 13.8 Å². The van der Waals surface area contributed by atoms with Crippen LogP contribution in [0.5, 0.6) is 0 Å². The van der Waals surface area contributed by atoms with E-state index in [2.05, 4.69) is 10.6 Å². The van der Waals surface area contributed by atoms with Crippen molar-refractivity contribution in [3.63, 3.8) is 0 Å². The van der Waals surface area contributed by atoms with Crippen LogP contribution < -0.4 is 16.2 Å². The molecule has 0 saturated carbocycles. The Labute approximate surface area is 153 Å². The number of rotatable bonds is 6. The minimum atomic E-state index is -0.154. The monoisotopic (exact) mass is 357 g/mol. The van der Waals surface area contributed by atoms with E-state index in [0.717, 1.165) is 10.9 Å². The average Bonchev–Trinajstić information content (AvgIpc) is 2.57. The Kier molecular flexibility index (Phi) is 6.18. The molecular formula is C20H27N3O3. The fraction of sp³-hybridized carbons (Fsp3) is 0.450.